The molecular weight excluding hydrogens is 209 g/mol. The van der Waals surface area contributed by atoms with Crippen molar-refractivity contribution in [2.75, 3.05) is 5.75 Å². The molecule has 0 saturated carbocycles. The molecule has 1 aromatic carbocycles. The highest BCUT2D eigenvalue weighted by Crippen LogP contribution is 2.33. The molecule has 2 atom stereocenters. The van der Waals surface area contributed by atoms with Crippen LogP contribution in [0.1, 0.15) is 29.8 Å². The van der Waals surface area contributed by atoms with Crippen molar-refractivity contribution in [3.63, 3.8) is 0 Å². The minimum atomic E-state index is -0.0975. The molecule has 1 N–H and O–H groups in total. The number of hydrogen-bond donors (Lipinski definition) is 1. The zero-order valence-corrected chi connectivity index (χ0v) is 9.90. The number of rotatable bonds is 1. The molecule has 1 nitrogen and oxygen atoms in total. The second kappa shape index (κ2) is 4.54. The molecule has 2 unspecified atom stereocenters. The van der Waals surface area contributed by atoms with Gasteiger partial charge in [-0.15, -0.1) is 11.8 Å². The van der Waals surface area contributed by atoms with E-state index in [9.17, 15) is 4.39 Å². The Labute approximate surface area is 94.5 Å². The van der Waals surface area contributed by atoms with Crippen molar-refractivity contribution in [3.8, 4) is 0 Å². The zero-order chi connectivity index (χ0) is 10.8. The third-order valence-electron chi connectivity index (χ3n) is 2.71. The fourth-order valence-corrected chi connectivity index (χ4v) is 3.21. The maximum absolute atomic E-state index is 13.6. The van der Waals surface area contributed by atoms with Crippen molar-refractivity contribution in [1.29, 1.82) is 0 Å². The van der Waals surface area contributed by atoms with Gasteiger partial charge in [-0.05, 0) is 32.1 Å². The normalized spacial score (nSPS) is 26.6. The minimum Gasteiger partial charge on any atom is -0.299 e. The van der Waals surface area contributed by atoms with Crippen molar-refractivity contribution in [3.05, 3.63) is 35.1 Å². The molecule has 1 aliphatic heterocycles. The molecule has 2 rings (SSSR count). The van der Waals surface area contributed by atoms with Crippen LogP contribution >= 0.6 is 11.8 Å². The lowest BCUT2D eigenvalue weighted by Gasteiger charge is -2.29. The number of aryl methyl sites for hydroxylation is 1. The summed E-state index contributed by atoms with van der Waals surface area (Å²) in [5.41, 5.74) is 1.92. The average molecular weight is 225 g/mol. The van der Waals surface area contributed by atoms with Gasteiger partial charge < -0.3 is 0 Å². The van der Waals surface area contributed by atoms with E-state index in [0.29, 0.717) is 6.04 Å². The molecule has 0 spiro atoms. The van der Waals surface area contributed by atoms with Crippen molar-refractivity contribution >= 4 is 11.8 Å². The van der Waals surface area contributed by atoms with Crippen LogP contribution in [-0.4, -0.2) is 11.8 Å². The molecule has 1 fully saturated rings. The second-order valence-electron chi connectivity index (χ2n) is 4.13. The van der Waals surface area contributed by atoms with Crippen molar-refractivity contribution in [2.24, 2.45) is 0 Å². The van der Waals surface area contributed by atoms with E-state index in [4.69, 9.17) is 0 Å². The van der Waals surface area contributed by atoms with Crippen LogP contribution in [0.3, 0.4) is 0 Å². The molecular formula is C12H16FNS. The van der Waals surface area contributed by atoms with Gasteiger partial charge in [0.25, 0.3) is 0 Å². The van der Waals surface area contributed by atoms with Gasteiger partial charge in [0.05, 0.1) is 5.37 Å². The number of thioether (sulfide) groups is 1. The summed E-state index contributed by atoms with van der Waals surface area (Å²) in [7, 11) is 0. The summed E-state index contributed by atoms with van der Waals surface area (Å²) < 4.78 is 13.6. The Morgan fingerprint density at radius 1 is 1.47 bits per heavy atom. The Morgan fingerprint density at radius 2 is 2.27 bits per heavy atom. The average Bonchev–Trinajstić information content (AvgIpc) is 2.22. The van der Waals surface area contributed by atoms with Crippen LogP contribution in [0.5, 0.6) is 0 Å². The third kappa shape index (κ3) is 2.52. The molecule has 0 bridgehead atoms. The topological polar surface area (TPSA) is 12.0 Å². The molecule has 1 aromatic rings. The van der Waals surface area contributed by atoms with E-state index in [1.165, 1.54) is 0 Å². The molecule has 0 radical (unpaired) electrons. The fraction of sp³-hybridized carbons (Fsp3) is 0.500. The maximum Gasteiger partial charge on any atom is 0.128 e. The van der Waals surface area contributed by atoms with E-state index < -0.39 is 0 Å². The lowest BCUT2D eigenvalue weighted by molar-refractivity contribution is 0.496. The van der Waals surface area contributed by atoms with E-state index in [1.54, 1.807) is 17.8 Å². The van der Waals surface area contributed by atoms with Gasteiger partial charge in [0, 0.05) is 11.6 Å². The van der Waals surface area contributed by atoms with Gasteiger partial charge in [-0.2, -0.15) is 0 Å². The Balaban J connectivity index is 2.24. The number of nitrogens with one attached hydrogen (secondary N) is 1. The lowest BCUT2D eigenvalue weighted by Crippen LogP contribution is -2.34. The molecule has 1 saturated heterocycles. The van der Waals surface area contributed by atoms with Gasteiger partial charge in [0.1, 0.15) is 5.82 Å². The Morgan fingerprint density at radius 3 is 3.00 bits per heavy atom. The van der Waals surface area contributed by atoms with Crippen LogP contribution in [0.25, 0.3) is 0 Å². The molecule has 1 heterocycles. The summed E-state index contributed by atoms with van der Waals surface area (Å²) in [6, 6.07) is 5.80. The highest BCUT2D eigenvalue weighted by Gasteiger charge is 2.22. The molecule has 3 heteroatoms. The van der Waals surface area contributed by atoms with E-state index in [-0.39, 0.29) is 11.2 Å². The van der Waals surface area contributed by atoms with Crippen molar-refractivity contribution < 1.29 is 4.39 Å². The first-order valence-corrected chi connectivity index (χ1v) is 6.35. The van der Waals surface area contributed by atoms with E-state index in [1.807, 2.05) is 19.1 Å². The number of halogens is 1. The van der Waals surface area contributed by atoms with E-state index in [2.05, 4.69) is 12.2 Å². The quantitative estimate of drug-likeness (QED) is 0.787. The molecule has 0 aliphatic carbocycles. The summed E-state index contributed by atoms with van der Waals surface area (Å²) in [6.07, 6.45) is 1.16. The van der Waals surface area contributed by atoms with Gasteiger partial charge in [0.15, 0.2) is 0 Å². The second-order valence-corrected chi connectivity index (χ2v) is 5.35. The largest absolute Gasteiger partial charge is 0.299 e. The predicted octanol–water partition coefficient (Wildman–Crippen LogP) is 3.25. The van der Waals surface area contributed by atoms with Crippen LogP contribution in [0.15, 0.2) is 18.2 Å². The lowest BCUT2D eigenvalue weighted by atomic mass is 10.1. The smallest absolute Gasteiger partial charge is 0.128 e. The third-order valence-corrected chi connectivity index (χ3v) is 3.90. The van der Waals surface area contributed by atoms with Crippen molar-refractivity contribution in [1.82, 2.24) is 5.32 Å². The van der Waals surface area contributed by atoms with E-state index in [0.717, 1.165) is 23.3 Å². The minimum absolute atomic E-state index is 0.0975. The first-order chi connectivity index (χ1) is 7.16. The highest BCUT2D eigenvalue weighted by molar-refractivity contribution is 7.99. The molecule has 15 heavy (non-hydrogen) atoms. The van der Waals surface area contributed by atoms with Crippen LogP contribution in [-0.2, 0) is 0 Å². The summed E-state index contributed by atoms with van der Waals surface area (Å²) in [6.45, 7) is 4.15. The predicted molar refractivity (Wildman–Crippen MR) is 63.6 cm³/mol. The van der Waals surface area contributed by atoms with Crippen molar-refractivity contribution in [2.45, 2.75) is 31.7 Å². The Hall–Kier alpha value is -0.540. The molecule has 0 amide bonds. The number of hydrogen-bond acceptors (Lipinski definition) is 2. The van der Waals surface area contributed by atoms with Gasteiger partial charge in [-0.1, -0.05) is 17.7 Å². The summed E-state index contributed by atoms with van der Waals surface area (Å²) in [5, 5.41) is 3.54. The standard InChI is InChI=1S/C12H16FNS/c1-8-3-4-11(13)10(7-8)12-14-9(2)5-6-15-12/h3-4,7,9,12,14H,5-6H2,1-2H3. The summed E-state index contributed by atoms with van der Waals surface area (Å²) >= 11 is 1.79. The summed E-state index contributed by atoms with van der Waals surface area (Å²) in [5.74, 6) is 1.01. The van der Waals surface area contributed by atoms with Crippen LogP contribution in [0.2, 0.25) is 0 Å². The van der Waals surface area contributed by atoms with Crippen LogP contribution < -0.4 is 5.32 Å². The Bertz CT molecular complexity index is 353. The maximum atomic E-state index is 13.6. The highest BCUT2D eigenvalue weighted by atomic mass is 32.2. The SMILES string of the molecule is Cc1ccc(F)c(C2NC(C)CCS2)c1. The van der Waals surface area contributed by atoms with Gasteiger partial charge in [-0.3, -0.25) is 5.32 Å². The monoisotopic (exact) mass is 225 g/mol. The van der Waals surface area contributed by atoms with Gasteiger partial charge in [0.2, 0.25) is 0 Å². The molecule has 1 aliphatic rings. The zero-order valence-electron chi connectivity index (χ0n) is 9.09. The van der Waals surface area contributed by atoms with Crippen LogP contribution in [0, 0.1) is 12.7 Å². The van der Waals surface area contributed by atoms with E-state index >= 15 is 0 Å². The van der Waals surface area contributed by atoms with Gasteiger partial charge >= 0.3 is 0 Å². The number of benzene rings is 1. The first kappa shape index (κ1) is 11.0. The summed E-state index contributed by atoms with van der Waals surface area (Å²) in [4.78, 5) is 0. The fourth-order valence-electron chi connectivity index (χ4n) is 1.80. The molecule has 0 aromatic heterocycles. The van der Waals surface area contributed by atoms with Gasteiger partial charge in [-0.25, -0.2) is 4.39 Å². The molecule has 82 valence electrons. The Kier molecular flexibility index (Phi) is 3.32. The first-order valence-electron chi connectivity index (χ1n) is 5.30. The van der Waals surface area contributed by atoms with Crippen LogP contribution in [0.4, 0.5) is 4.39 Å².